The van der Waals surface area contributed by atoms with Gasteiger partial charge >= 0.3 is 0 Å². The minimum atomic E-state index is 0.0353. The van der Waals surface area contributed by atoms with Gasteiger partial charge in [0, 0.05) is 55.1 Å². The predicted molar refractivity (Wildman–Crippen MR) is 127 cm³/mol. The fraction of sp³-hybridized carbons (Fsp3) is 0.458. The number of nitrogens with zero attached hydrogens (tertiary/aromatic N) is 4. The summed E-state index contributed by atoms with van der Waals surface area (Å²) >= 11 is 5.91. The van der Waals surface area contributed by atoms with Crippen molar-refractivity contribution in [2.24, 2.45) is 0 Å². The first-order valence-corrected chi connectivity index (χ1v) is 11.5. The van der Waals surface area contributed by atoms with Gasteiger partial charge in [0.1, 0.15) is 5.82 Å². The number of nitrogens with one attached hydrogen (secondary N) is 1. The third kappa shape index (κ3) is 5.97. The Hall–Kier alpha value is -2.60. The maximum atomic E-state index is 12.6. The standard InChI is InChI=1S/C24H30ClN5O/c1-18-17-22(28-24(26-18)27-21-5-3-2-4-6-21)29-13-15-30(16-14-29)23(31)12-9-19-7-10-20(25)11-8-19/h7-12,17,21H,2-6,13-16H2,1H3,(H,26,27,28)/b12-9+. The van der Waals surface area contributed by atoms with E-state index in [1.807, 2.05) is 48.2 Å². The van der Waals surface area contributed by atoms with Crippen molar-refractivity contribution in [3.05, 3.63) is 52.7 Å². The Bertz CT molecular complexity index is 916. The number of amides is 1. The number of aryl methyl sites for hydroxylation is 1. The average molecular weight is 440 g/mol. The molecule has 2 fully saturated rings. The summed E-state index contributed by atoms with van der Waals surface area (Å²) in [6.45, 7) is 4.90. The van der Waals surface area contributed by atoms with E-state index >= 15 is 0 Å². The summed E-state index contributed by atoms with van der Waals surface area (Å²) in [6, 6.07) is 9.97. The highest BCUT2D eigenvalue weighted by molar-refractivity contribution is 6.30. The predicted octanol–water partition coefficient (Wildman–Crippen LogP) is 4.55. The van der Waals surface area contributed by atoms with E-state index in [4.69, 9.17) is 16.6 Å². The summed E-state index contributed by atoms with van der Waals surface area (Å²) in [6.07, 6.45) is 9.74. The van der Waals surface area contributed by atoms with E-state index in [0.29, 0.717) is 24.2 Å². The Kier molecular flexibility index (Phi) is 7.07. The van der Waals surface area contributed by atoms with Crippen LogP contribution in [0.3, 0.4) is 0 Å². The van der Waals surface area contributed by atoms with Crippen LogP contribution in [0, 0.1) is 6.92 Å². The summed E-state index contributed by atoms with van der Waals surface area (Å²) in [7, 11) is 0. The van der Waals surface area contributed by atoms with Gasteiger partial charge in [0.2, 0.25) is 11.9 Å². The molecule has 1 aliphatic heterocycles. The number of aromatic nitrogens is 2. The van der Waals surface area contributed by atoms with E-state index in [-0.39, 0.29) is 5.91 Å². The van der Waals surface area contributed by atoms with Gasteiger partial charge in [-0.3, -0.25) is 4.79 Å². The number of piperazine rings is 1. The van der Waals surface area contributed by atoms with Crippen molar-refractivity contribution >= 4 is 35.4 Å². The zero-order valence-electron chi connectivity index (χ0n) is 18.1. The lowest BCUT2D eigenvalue weighted by Gasteiger charge is -2.35. The van der Waals surface area contributed by atoms with Gasteiger partial charge in [-0.2, -0.15) is 4.98 Å². The van der Waals surface area contributed by atoms with Crippen molar-refractivity contribution in [3.63, 3.8) is 0 Å². The lowest BCUT2D eigenvalue weighted by atomic mass is 9.96. The molecular formula is C24H30ClN5O. The maximum absolute atomic E-state index is 12.6. The molecule has 6 nitrogen and oxygen atoms in total. The molecule has 31 heavy (non-hydrogen) atoms. The summed E-state index contributed by atoms with van der Waals surface area (Å²) < 4.78 is 0. The molecule has 0 bridgehead atoms. The molecule has 0 radical (unpaired) electrons. The fourth-order valence-corrected chi connectivity index (χ4v) is 4.34. The summed E-state index contributed by atoms with van der Waals surface area (Å²) in [4.78, 5) is 26.1. The molecule has 2 aliphatic rings. The van der Waals surface area contributed by atoms with Gasteiger partial charge in [0.05, 0.1) is 0 Å². The van der Waals surface area contributed by atoms with Crippen LogP contribution in [0.15, 0.2) is 36.4 Å². The Labute approximate surface area is 189 Å². The third-order valence-electron chi connectivity index (χ3n) is 5.98. The first kappa shape index (κ1) is 21.6. The molecule has 1 N–H and O–H groups in total. The summed E-state index contributed by atoms with van der Waals surface area (Å²) in [5.41, 5.74) is 1.93. The highest BCUT2D eigenvalue weighted by Gasteiger charge is 2.22. The molecule has 1 saturated heterocycles. The number of hydrogen-bond donors (Lipinski definition) is 1. The fourth-order valence-electron chi connectivity index (χ4n) is 4.21. The molecule has 1 aliphatic carbocycles. The molecule has 1 aromatic carbocycles. The quantitative estimate of drug-likeness (QED) is 0.693. The molecule has 0 unspecified atom stereocenters. The van der Waals surface area contributed by atoms with Crippen LogP contribution in [0.25, 0.3) is 6.08 Å². The number of rotatable bonds is 5. The smallest absolute Gasteiger partial charge is 0.246 e. The molecule has 4 rings (SSSR count). The van der Waals surface area contributed by atoms with Crippen LogP contribution in [0.1, 0.15) is 43.4 Å². The van der Waals surface area contributed by atoms with Crippen LogP contribution in [0.4, 0.5) is 11.8 Å². The van der Waals surface area contributed by atoms with Crippen LogP contribution >= 0.6 is 11.6 Å². The minimum Gasteiger partial charge on any atom is -0.353 e. The zero-order chi connectivity index (χ0) is 21.6. The Morgan fingerprint density at radius 2 is 1.77 bits per heavy atom. The molecule has 0 spiro atoms. The molecule has 164 valence electrons. The average Bonchev–Trinajstić information content (AvgIpc) is 2.79. The Morgan fingerprint density at radius 1 is 1.06 bits per heavy atom. The van der Waals surface area contributed by atoms with Crippen LogP contribution in [0.5, 0.6) is 0 Å². The van der Waals surface area contributed by atoms with Crippen molar-refractivity contribution in [1.82, 2.24) is 14.9 Å². The van der Waals surface area contributed by atoms with Gasteiger partial charge in [-0.1, -0.05) is 43.0 Å². The lowest BCUT2D eigenvalue weighted by Crippen LogP contribution is -2.48. The molecule has 1 saturated carbocycles. The van der Waals surface area contributed by atoms with E-state index < -0.39 is 0 Å². The number of halogens is 1. The zero-order valence-corrected chi connectivity index (χ0v) is 18.8. The second kappa shape index (κ2) is 10.1. The van der Waals surface area contributed by atoms with Gasteiger partial charge < -0.3 is 15.1 Å². The van der Waals surface area contributed by atoms with Crippen LogP contribution in [-0.4, -0.2) is 53.0 Å². The highest BCUT2D eigenvalue weighted by atomic mass is 35.5. The minimum absolute atomic E-state index is 0.0353. The summed E-state index contributed by atoms with van der Waals surface area (Å²) in [5, 5.41) is 4.22. The number of carbonyl (C=O) groups is 1. The molecule has 1 aromatic heterocycles. The highest BCUT2D eigenvalue weighted by Crippen LogP contribution is 2.22. The van der Waals surface area contributed by atoms with E-state index in [2.05, 4.69) is 15.2 Å². The van der Waals surface area contributed by atoms with E-state index in [1.165, 1.54) is 32.1 Å². The molecule has 1 amide bonds. The van der Waals surface area contributed by atoms with E-state index in [1.54, 1.807) is 6.08 Å². The SMILES string of the molecule is Cc1cc(N2CCN(C(=O)/C=C/c3ccc(Cl)cc3)CC2)nc(NC2CCCCC2)n1. The van der Waals surface area contributed by atoms with Crippen molar-refractivity contribution < 1.29 is 4.79 Å². The van der Waals surface area contributed by atoms with E-state index in [9.17, 15) is 4.79 Å². The Balaban J connectivity index is 1.33. The lowest BCUT2D eigenvalue weighted by molar-refractivity contribution is -0.126. The second-order valence-corrected chi connectivity index (χ2v) is 8.80. The van der Waals surface area contributed by atoms with Crippen molar-refractivity contribution in [2.75, 3.05) is 36.4 Å². The first-order valence-electron chi connectivity index (χ1n) is 11.2. The second-order valence-electron chi connectivity index (χ2n) is 8.37. The van der Waals surface area contributed by atoms with Crippen LogP contribution in [0.2, 0.25) is 5.02 Å². The van der Waals surface area contributed by atoms with Crippen molar-refractivity contribution in [2.45, 2.75) is 45.1 Å². The van der Waals surface area contributed by atoms with Gasteiger partial charge in [-0.25, -0.2) is 4.98 Å². The van der Waals surface area contributed by atoms with Crippen molar-refractivity contribution in [3.8, 4) is 0 Å². The van der Waals surface area contributed by atoms with Gasteiger partial charge in [0.15, 0.2) is 0 Å². The monoisotopic (exact) mass is 439 g/mol. The topological polar surface area (TPSA) is 61.4 Å². The molecule has 2 heterocycles. The van der Waals surface area contributed by atoms with Crippen molar-refractivity contribution in [1.29, 1.82) is 0 Å². The number of benzene rings is 1. The van der Waals surface area contributed by atoms with Gasteiger partial charge in [-0.05, 0) is 43.5 Å². The number of hydrogen-bond acceptors (Lipinski definition) is 5. The van der Waals surface area contributed by atoms with Crippen LogP contribution < -0.4 is 10.2 Å². The summed E-state index contributed by atoms with van der Waals surface area (Å²) in [5.74, 6) is 1.70. The molecule has 0 atom stereocenters. The first-order chi connectivity index (χ1) is 15.1. The Morgan fingerprint density at radius 3 is 2.48 bits per heavy atom. The molecule has 2 aromatic rings. The third-order valence-corrected chi connectivity index (χ3v) is 6.23. The molecule has 7 heteroatoms. The maximum Gasteiger partial charge on any atom is 0.246 e. The van der Waals surface area contributed by atoms with Gasteiger partial charge in [0.25, 0.3) is 0 Å². The molecular weight excluding hydrogens is 410 g/mol. The number of carbonyl (C=O) groups excluding carboxylic acids is 1. The van der Waals surface area contributed by atoms with E-state index in [0.717, 1.165) is 36.1 Å². The largest absolute Gasteiger partial charge is 0.353 e. The van der Waals surface area contributed by atoms with Crippen LogP contribution in [-0.2, 0) is 4.79 Å². The normalized spacial score (nSPS) is 17.9. The number of anilines is 2. The van der Waals surface area contributed by atoms with Gasteiger partial charge in [-0.15, -0.1) is 0 Å².